The maximum atomic E-state index is 5.45. The van der Waals surface area contributed by atoms with E-state index in [1.54, 1.807) is 25.7 Å². The van der Waals surface area contributed by atoms with Crippen molar-refractivity contribution in [1.82, 2.24) is 9.97 Å². The second-order valence-corrected chi connectivity index (χ2v) is 6.16. The van der Waals surface area contributed by atoms with E-state index in [1.165, 1.54) is 5.56 Å². The van der Waals surface area contributed by atoms with Crippen LogP contribution in [0.2, 0.25) is 0 Å². The maximum Gasteiger partial charge on any atom is 0.141 e. The fourth-order valence-electron chi connectivity index (χ4n) is 2.13. The molecule has 0 spiro atoms. The van der Waals surface area contributed by atoms with E-state index in [0.29, 0.717) is 0 Å². The monoisotopic (exact) mass is 285 g/mol. The third kappa shape index (κ3) is 3.72. The van der Waals surface area contributed by atoms with Crippen LogP contribution < -0.4 is 10.1 Å². The number of rotatable bonds is 4. The van der Waals surface area contributed by atoms with Gasteiger partial charge >= 0.3 is 0 Å². The van der Waals surface area contributed by atoms with Gasteiger partial charge in [0, 0.05) is 12.4 Å². The largest absolute Gasteiger partial charge is 0.495 e. The van der Waals surface area contributed by atoms with Crippen LogP contribution in [0.25, 0.3) is 0 Å². The van der Waals surface area contributed by atoms with E-state index in [1.807, 2.05) is 6.07 Å². The van der Waals surface area contributed by atoms with E-state index in [2.05, 4.69) is 55.1 Å². The van der Waals surface area contributed by atoms with Crippen molar-refractivity contribution >= 4 is 5.69 Å². The summed E-state index contributed by atoms with van der Waals surface area (Å²) in [4.78, 5) is 8.45. The molecule has 0 aliphatic rings. The molecule has 0 radical (unpaired) electrons. The standard InChI is InChI=1S/C17H23N3O/c1-12(15-11-18-8-9-19-15)20-14-10-13(17(2,3)4)6-7-16(14)21-5/h6-12,20H,1-5H3. The van der Waals surface area contributed by atoms with Crippen molar-refractivity contribution in [3.63, 3.8) is 0 Å². The topological polar surface area (TPSA) is 47.0 Å². The molecule has 0 aliphatic carbocycles. The van der Waals surface area contributed by atoms with Crippen LogP contribution in [0.4, 0.5) is 5.69 Å². The molecule has 1 aromatic heterocycles. The minimum Gasteiger partial charge on any atom is -0.495 e. The highest BCUT2D eigenvalue weighted by Gasteiger charge is 2.17. The Morgan fingerprint density at radius 1 is 1.19 bits per heavy atom. The van der Waals surface area contributed by atoms with E-state index in [-0.39, 0.29) is 11.5 Å². The van der Waals surface area contributed by atoms with Crippen LogP contribution in [0.5, 0.6) is 5.75 Å². The zero-order valence-electron chi connectivity index (χ0n) is 13.3. The molecule has 0 saturated carbocycles. The molecular weight excluding hydrogens is 262 g/mol. The highest BCUT2D eigenvalue weighted by Crippen LogP contribution is 2.33. The van der Waals surface area contributed by atoms with Gasteiger partial charge in [-0.25, -0.2) is 0 Å². The van der Waals surface area contributed by atoms with Gasteiger partial charge in [0.25, 0.3) is 0 Å². The molecule has 0 saturated heterocycles. The van der Waals surface area contributed by atoms with E-state index >= 15 is 0 Å². The number of benzene rings is 1. The first-order valence-corrected chi connectivity index (χ1v) is 7.13. The quantitative estimate of drug-likeness (QED) is 0.923. The predicted octanol–water partition coefficient (Wildman–Crippen LogP) is 3.96. The highest BCUT2D eigenvalue weighted by molar-refractivity contribution is 5.59. The number of nitrogens with zero attached hydrogens (tertiary/aromatic N) is 2. The van der Waals surface area contributed by atoms with Crippen LogP contribution in [0.1, 0.15) is 45.0 Å². The smallest absolute Gasteiger partial charge is 0.141 e. The van der Waals surface area contributed by atoms with E-state index < -0.39 is 0 Å². The van der Waals surface area contributed by atoms with Crippen molar-refractivity contribution in [1.29, 1.82) is 0 Å². The summed E-state index contributed by atoms with van der Waals surface area (Å²) in [5.74, 6) is 0.832. The third-order valence-electron chi connectivity index (χ3n) is 3.46. The van der Waals surface area contributed by atoms with Gasteiger partial charge in [-0.2, -0.15) is 0 Å². The molecule has 1 unspecified atom stereocenters. The second-order valence-electron chi connectivity index (χ2n) is 6.16. The van der Waals surface area contributed by atoms with Crippen LogP contribution >= 0.6 is 0 Å². The summed E-state index contributed by atoms with van der Waals surface area (Å²) in [6.07, 6.45) is 5.16. The fraction of sp³-hybridized carbons (Fsp3) is 0.412. The molecular formula is C17H23N3O. The second kappa shape index (κ2) is 6.12. The summed E-state index contributed by atoms with van der Waals surface area (Å²) in [5, 5.41) is 3.46. The van der Waals surface area contributed by atoms with Crippen molar-refractivity contribution in [2.45, 2.75) is 39.2 Å². The summed E-state index contributed by atoms with van der Waals surface area (Å²) < 4.78 is 5.45. The lowest BCUT2D eigenvalue weighted by atomic mass is 9.86. The molecule has 0 amide bonds. The first-order chi connectivity index (χ1) is 9.91. The normalized spacial score (nSPS) is 12.8. The first-order valence-electron chi connectivity index (χ1n) is 7.13. The highest BCUT2D eigenvalue weighted by atomic mass is 16.5. The zero-order chi connectivity index (χ0) is 15.5. The summed E-state index contributed by atoms with van der Waals surface area (Å²) in [5.41, 5.74) is 3.24. The van der Waals surface area contributed by atoms with Crippen LogP contribution in [0.15, 0.2) is 36.8 Å². The fourth-order valence-corrected chi connectivity index (χ4v) is 2.13. The number of methoxy groups -OCH3 is 1. The minimum atomic E-state index is 0.0582. The number of aromatic nitrogens is 2. The average Bonchev–Trinajstić information content (AvgIpc) is 2.47. The van der Waals surface area contributed by atoms with Crippen molar-refractivity contribution in [2.24, 2.45) is 0 Å². The summed E-state index contributed by atoms with van der Waals surface area (Å²) in [6, 6.07) is 6.32. The van der Waals surface area contributed by atoms with Gasteiger partial charge in [-0.3, -0.25) is 9.97 Å². The van der Waals surface area contributed by atoms with Crippen molar-refractivity contribution in [2.75, 3.05) is 12.4 Å². The van der Waals surface area contributed by atoms with Gasteiger partial charge in [-0.1, -0.05) is 26.8 Å². The maximum absolute atomic E-state index is 5.45. The van der Waals surface area contributed by atoms with E-state index in [0.717, 1.165) is 17.1 Å². The Balaban J connectivity index is 2.29. The Bertz CT molecular complexity index is 591. The molecule has 4 heteroatoms. The van der Waals surface area contributed by atoms with Gasteiger partial charge in [0.15, 0.2) is 0 Å². The van der Waals surface area contributed by atoms with Crippen LogP contribution in [0, 0.1) is 0 Å². The van der Waals surface area contributed by atoms with Gasteiger partial charge < -0.3 is 10.1 Å². The van der Waals surface area contributed by atoms with Crippen LogP contribution in [-0.4, -0.2) is 17.1 Å². The molecule has 21 heavy (non-hydrogen) atoms. The number of hydrogen-bond donors (Lipinski definition) is 1. The Hall–Kier alpha value is -2.10. The number of anilines is 1. The Morgan fingerprint density at radius 2 is 1.95 bits per heavy atom. The number of hydrogen-bond acceptors (Lipinski definition) is 4. The lowest BCUT2D eigenvalue weighted by molar-refractivity contribution is 0.415. The molecule has 1 N–H and O–H groups in total. The Morgan fingerprint density at radius 3 is 2.52 bits per heavy atom. The average molecular weight is 285 g/mol. The van der Waals surface area contributed by atoms with Gasteiger partial charge in [0.2, 0.25) is 0 Å². The molecule has 0 aliphatic heterocycles. The van der Waals surface area contributed by atoms with Crippen molar-refractivity contribution in [3.05, 3.63) is 48.0 Å². The zero-order valence-corrected chi connectivity index (χ0v) is 13.3. The van der Waals surface area contributed by atoms with Crippen LogP contribution in [0.3, 0.4) is 0 Å². The van der Waals surface area contributed by atoms with Crippen molar-refractivity contribution < 1.29 is 4.74 Å². The van der Waals surface area contributed by atoms with Crippen LogP contribution in [-0.2, 0) is 5.41 Å². The van der Waals surface area contributed by atoms with Gasteiger partial charge in [-0.15, -0.1) is 0 Å². The number of ether oxygens (including phenoxy) is 1. The third-order valence-corrected chi connectivity index (χ3v) is 3.46. The predicted molar refractivity (Wildman–Crippen MR) is 85.8 cm³/mol. The molecule has 0 fully saturated rings. The molecule has 1 aromatic carbocycles. The molecule has 2 aromatic rings. The summed E-state index contributed by atoms with van der Waals surface area (Å²) in [6.45, 7) is 8.66. The molecule has 1 atom stereocenters. The molecule has 0 bridgehead atoms. The van der Waals surface area contributed by atoms with Crippen molar-refractivity contribution in [3.8, 4) is 5.75 Å². The molecule has 112 valence electrons. The van der Waals surface area contributed by atoms with Gasteiger partial charge in [-0.05, 0) is 30.0 Å². The van der Waals surface area contributed by atoms with Gasteiger partial charge in [0.1, 0.15) is 5.75 Å². The molecule has 2 rings (SSSR count). The van der Waals surface area contributed by atoms with Gasteiger partial charge in [0.05, 0.1) is 30.7 Å². The number of nitrogens with one attached hydrogen (secondary N) is 1. The minimum absolute atomic E-state index is 0.0582. The molecule has 4 nitrogen and oxygen atoms in total. The lowest BCUT2D eigenvalue weighted by Crippen LogP contribution is -2.14. The summed E-state index contributed by atoms with van der Waals surface area (Å²) >= 11 is 0. The van der Waals surface area contributed by atoms with E-state index in [9.17, 15) is 0 Å². The summed E-state index contributed by atoms with van der Waals surface area (Å²) in [7, 11) is 1.68. The molecule has 1 heterocycles. The van der Waals surface area contributed by atoms with E-state index in [4.69, 9.17) is 4.74 Å². The lowest BCUT2D eigenvalue weighted by Gasteiger charge is -2.23. The Labute approximate surface area is 126 Å². The Kier molecular flexibility index (Phi) is 4.46. The SMILES string of the molecule is COc1ccc(C(C)(C)C)cc1NC(C)c1cnccn1. The first kappa shape index (κ1) is 15.3.